The molecule has 0 aliphatic rings. The molecule has 21 heavy (non-hydrogen) atoms. The van der Waals surface area contributed by atoms with Gasteiger partial charge in [-0.2, -0.15) is 26.3 Å². The van der Waals surface area contributed by atoms with Crippen molar-refractivity contribution in [2.45, 2.75) is 18.9 Å². The fourth-order valence-electron chi connectivity index (χ4n) is 1.35. The Bertz CT molecular complexity index is 518. The van der Waals surface area contributed by atoms with Crippen LogP contribution in [0.15, 0.2) is 16.5 Å². The van der Waals surface area contributed by atoms with Gasteiger partial charge >= 0.3 is 18.3 Å². The monoisotopic (exact) mass is 319 g/mol. The first-order valence-corrected chi connectivity index (χ1v) is 5.16. The minimum atomic E-state index is -5.79. The summed E-state index contributed by atoms with van der Waals surface area (Å²) in [6.07, 6.45) is -11.6. The Balaban J connectivity index is 2.76. The molecule has 2 N–H and O–H groups in total. The van der Waals surface area contributed by atoms with Crippen LogP contribution in [-0.2, 0) is 11.3 Å². The number of hydrogen-bond acceptors (Lipinski definition) is 3. The maximum Gasteiger partial charge on any atom is 0.409 e. The van der Waals surface area contributed by atoms with Crippen molar-refractivity contribution in [3.8, 4) is 0 Å². The maximum atomic E-state index is 12.2. The lowest BCUT2D eigenvalue weighted by Gasteiger charge is -2.21. The number of carboxylic acid groups (broad SMARTS) is 1. The van der Waals surface area contributed by atoms with E-state index in [1.54, 1.807) is 0 Å². The van der Waals surface area contributed by atoms with Gasteiger partial charge in [0, 0.05) is 0 Å². The highest BCUT2D eigenvalue weighted by atomic mass is 19.4. The van der Waals surface area contributed by atoms with E-state index in [9.17, 15) is 35.9 Å². The van der Waals surface area contributed by atoms with Gasteiger partial charge in [-0.15, -0.1) is 0 Å². The lowest BCUT2D eigenvalue weighted by atomic mass is 10.1. The number of furan rings is 1. The molecule has 0 fully saturated rings. The molecule has 0 saturated carbocycles. The Morgan fingerprint density at radius 1 is 1.14 bits per heavy atom. The van der Waals surface area contributed by atoms with Crippen LogP contribution in [-0.4, -0.2) is 29.3 Å². The minimum absolute atomic E-state index is 0.302. The number of hydrogen-bond donors (Lipinski definition) is 2. The van der Waals surface area contributed by atoms with Crippen molar-refractivity contribution >= 4 is 11.9 Å². The van der Waals surface area contributed by atoms with Gasteiger partial charge in [-0.25, -0.2) is 4.79 Å². The summed E-state index contributed by atoms with van der Waals surface area (Å²) in [7, 11) is 0. The molecule has 0 saturated heterocycles. The Hall–Kier alpha value is -2.20. The zero-order valence-corrected chi connectivity index (χ0v) is 9.88. The average molecular weight is 319 g/mol. The van der Waals surface area contributed by atoms with Gasteiger partial charge in [0.1, 0.15) is 5.76 Å². The fourth-order valence-corrected chi connectivity index (χ4v) is 1.35. The molecule has 118 valence electrons. The molecule has 11 heteroatoms. The first kappa shape index (κ1) is 16.9. The van der Waals surface area contributed by atoms with E-state index in [1.165, 1.54) is 5.32 Å². The summed E-state index contributed by atoms with van der Waals surface area (Å²) in [4.78, 5) is 21.5. The molecular weight excluding hydrogens is 312 g/mol. The second-order valence-electron chi connectivity index (χ2n) is 3.81. The molecule has 0 aliphatic heterocycles. The smallest absolute Gasteiger partial charge is 0.409 e. The van der Waals surface area contributed by atoms with Crippen LogP contribution in [0, 0.1) is 5.92 Å². The molecule has 0 aliphatic carbocycles. The van der Waals surface area contributed by atoms with E-state index >= 15 is 0 Å². The summed E-state index contributed by atoms with van der Waals surface area (Å²) in [5.41, 5.74) is 0. The second-order valence-corrected chi connectivity index (χ2v) is 3.81. The zero-order chi connectivity index (χ0) is 16.4. The van der Waals surface area contributed by atoms with E-state index in [-0.39, 0.29) is 5.76 Å². The molecule has 5 nitrogen and oxygen atoms in total. The van der Waals surface area contributed by atoms with Crippen LogP contribution in [0.4, 0.5) is 26.3 Å². The molecule has 1 aromatic rings. The number of carboxylic acids is 1. The molecule has 0 radical (unpaired) electrons. The standard InChI is InChI=1S/C10H7F6NO4/c11-9(12,13)6(10(14,15)16)7(18)17-3-4-1-2-5(21-4)8(19)20/h1-2,6H,3H2,(H,17,18)(H,19,20). The van der Waals surface area contributed by atoms with Crippen molar-refractivity contribution in [2.75, 3.05) is 0 Å². The number of amides is 1. The van der Waals surface area contributed by atoms with E-state index in [2.05, 4.69) is 4.42 Å². The number of halogens is 6. The van der Waals surface area contributed by atoms with Gasteiger partial charge in [-0.05, 0) is 12.1 Å². The molecule has 1 amide bonds. The predicted octanol–water partition coefficient (Wildman–Crippen LogP) is 2.33. The van der Waals surface area contributed by atoms with Gasteiger partial charge in [0.15, 0.2) is 0 Å². The number of nitrogens with one attached hydrogen (secondary N) is 1. The van der Waals surface area contributed by atoms with E-state index < -0.39 is 42.5 Å². The highest BCUT2D eigenvalue weighted by Gasteiger charge is 2.61. The average Bonchev–Trinajstić information content (AvgIpc) is 2.70. The van der Waals surface area contributed by atoms with Crippen molar-refractivity contribution in [1.82, 2.24) is 5.32 Å². The summed E-state index contributed by atoms with van der Waals surface area (Å²) < 4.78 is 77.9. The number of aromatic carboxylic acids is 1. The molecule has 1 rings (SSSR count). The van der Waals surface area contributed by atoms with Crippen LogP contribution in [0.5, 0.6) is 0 Å². The first-order chi connectivity index (χ1) is 9.43. The predicted molar refractivity (Wildman–Crippen MR) is 53.1 cm³/mol. The van der Waals surface area contributed by atoms with Crippen molar-refractivity contribution in [3.63, 3.8) is 0 Å². The topological polar surface area (TPSA) is 79.5 Å². The first-order valence-electron chi connectivity index (χ1n) is 5.16. The highest BCUT2D eigenvalue weighted by molar-refractivity contribution is 5.84. The van der Waals surface area contributed by atoms with Gasteiger partial charge in [-0.1, -0.05) is 0 Å². The van der Waals surface area contributed by atoms with Crippen molar-refractivity contribution in [2.24, 2.45) is 5.92 Å². The SMILES string of the molecule is O=C(O)c1ccc(CNC(=O)C(C(F)(F)F)C(F)(F)F)o1. The Labute approximate surface area is 112 Å². The van der Waals surface area contributed by atoms with Gasteiger partial charge in [-0.3, -0.25) is 4.79 Å². The summed E-state index contributed by atoms with van der Waals surface area (Å²) in [5.74, 6) is -8.82. The Morgan fingerprint density at radius 3 is 2.05 bits per heavy atom. The van der Waals surface area contributed by atoms with Gasteiger partial charge in [0.2, 0.25) is 17.6 Å². The van der Waals surface area contributed by atoms with E-state index in [0.29, 0.717) is 0 Å². The molecule has 0 bridgehead atoms. The van der Waals surface area contributed by atoms with E-state index in [1.807, 2.05) is 0 Å². The number of rotatable bonds is 4. The van der Waals surface area contributed by atoms with E-state index in [4.69, 9.17) is 5.11 Å². The number of alkyl halides is 6. The third-order valence-corrected chi connectivity index (χ3v) is 2.23. The largest absolute Gasteiger partial charge is 0.475 e. The van der Waals surface area contributed by atoms with Crippen molar-refractivity contribution < 1.29 is 45.5 Å². The molecule has 1 aromatic heterocycles. The molecule has 0 aromatic carbocycles. The lowest BCUT2D eigenvalue weighted by molar-refractivity contribution is -0.274. The normalized spacial score (nSPS) is 12.5. The Kier molecular flexibility index (Phi) is 4.54. The number of carbonyl (C=O) groups excluding carboxylic acids is 1. The van der Waals surface area contributed by atoms with Crippen LogP contribution < -0.4 is 5.32 Å². The van der Waals surface area contributed by atoms with Gasteiger partial charge in [0.05, 0.1) is 6.54 Å². The van der Waals surface area contributed by atoms with Gasteiger partial charge in [0.25, 0.3) is 0 Å². The van der Waals surface area contributed by atoms with E-state index in [0.717, 1.165) is 12.1 Å². The maximum absolute atomic E-state index is 12.2. The summed E-state index contributed by atoms with van der Waals surface area (Å²) in [5, 5.41) is 9.90. The minimum Gasteiger partial charge on any atom is -0.475 e. The molecule has 0 atom stereocenters. The number of carbonyl (C=O) groups is 2. The van der Waals surface area contributed by atoms with Crippen LogP contribution in [0.2, 0.25) is 0 Å². The second kappa shape index (κ2) is 5.66. The van der Waals surface area contributed by atoms with Gasteiger partial charge < -0.3 is 14.8 Å². The third kappa shape index (κ3) is 4.39. The highest BCUT2D eigenvalue weighted by Crippen LogP contribution is 2.39. The van der Waals surface area contributed by atoms with Crippen molar-refractivity contribution in [3.05, 3.63) is 23.7 Å². The quantitative estimate of drug-likeness (QED) is 0.835. The third-order valence-electron chi connectivity index (χ3n) is 2.23. The van der Waals surface area contributed by atoms with Crippen LogP contribution >= 0.6 is 0 Å². The fraction of sp³-hybridized carbons (Fsp3) is 0.400. The zero-order valence-electron chi connectivity index (χ0n) is 9.88. The Morgan fingerprint density at radius 2 is 1.67 bits per heavy atom. The molecular formula is C10H7F6NO4. The lowest BCUT2D eigenvalue weighted by Crippen LogP contribution is -2.47. The summed E-state index contributed by atoms with van der Waals surface area (Å²) in [6.45, 7) is -0.811. The van der Waals surface area contributed by atoms with Crippen LogP contribution in [0.1, 0.15) is 16.3 Å². The summed E-state index contributed by atoms with van der Waals surface area (Å²) in [6, 6.07) is 1.94. The molecule has 1 heterocycles. The molecule has 0 unspecified atom stereocenters. The van der Waals surface area contributed by atoms with Crippen LogP contribution in [0.3, 0.4) is 0 Å². The summed E-state index contributed by atoms with van der Waals surface area (Å²) >= 11 is 0. The molecule has 0 spiro atoms. The van der Waals surface area contributed by atoms with Crippen LogP contribution in [0.25, 0.3) is 0 Å². The van der Waals surface area contributed by atoms with Crippen molar-refractivity contribution in [1.29, 1.82) is 0 Å².